The minimum atomic E-state index is -0.973. The Hall–Kier alpha value is -4.16. The lowest BCUT2D eigenvalue weighted by atomic mass is 10.1. The molecule has 0 saturated carbocycles. The molecule has 4 heterocycles. The molecule has 2 aromatic heterocycles. The number of hydrogen-bond acceptors (Lipinski definition) is 7. The van der Waals surface area contributed by atoms with Gasteiger partial charge < -0.3 is 20.7 Å². The van der Waals surface area contributed by atoms with E-state index in [2.05, 4.69) is 27.3 Å². The molecule has 1 amide bonds. The fourth-order valence-corrected chi connectivity index (χ4v) is 5.30. The molecular formula is C27H27F2N7O3. The van der Waals surface area contributed by atoms with E-state index in [1.165, 1.54) is 12.1 Å². The van der Waals surface area contributed by atoms with Gasteiger partial charge in [0.2, 0.25) is 0 Å². The number of hydrogen-bond donors (Lipinski definition) is 2. The maximum absolute atomic E-state index is 14.4. The van der Waals surface area contributed by atoms with Crippen LogP contribution < -0.4 is 21.5 Å². The summed E-state index contributed by atoms with van der Waals surface area (Å²) in [4.78, 5) is 27.9. The Morgan fingerprint density at radius 3 is 2.59 bits per heavy atom. The molecule has 0 spiro atoms. The van der Waals surface area contributed by atoms with E-state index in [0.717, 1.165) is 41.2 Å². The zero-order valence-electron chi connectivity index (χ0n) is 21.2. The average molecular weight is 536 g/mol. The molecule has 2 aliphatic rings. The molecule has 12 heteroatoms. The summed E-state index contributed by atoms with van der Waals surface area (Å²) in [7, 11) is 0. The summed E-state index contributed by atoms with van der Waals surface area (Å²) in [6, 6.07) is 9.25. The van der Waals surface area contributed by atoms with Crippen molar-refractivity contribution >= 4 is 28.2 Å². The molecule has 39 heavy (non-hydrogen) atoms. The Bertz CT molecular complexity index is 1600. The summed E-state index contributed by atoms with van der Waals surface area (Å²) in [5.41, 5.74) is 6.92. The van der Waals surface area contributed by atoms with E-state index in [4.69, 9.17) is 10.5 Å². The van der Waals surface area contributed by atoms with E-state index in [1.807, 2.05) is 10.7 Å². The summed E-state index contributed by atoms with van der Waals surface area (Å²) in [6.07, 6.45) is 2.65. The van der Waals surface area contributed by atoms with Crippen LogP contribution in [0.2, 0.25) is 0 Å². The van der Waals surface area contributed by atoms with Gasteiger partial charge in [-0.3, -0.25) is 14.3 Å². The Labute approximate surface area is 222 Å². The minimum absolute atomic E-state index is 0.0389. The number of carbonyl (C=O) groups excluding carboxylic acids is 1. The Balaban J connectivity index is 1.40. The quantitative estimate of drug-likeness (QED) is 0.403. The molecule has 2 saturated heterocycles. The predicted octanol–water partition coefficient (Wildman–Crippen LogP) is 2.86. The molecule has 0 unspecified atom stereocenters. The van der Waals surface area contributed by atoms with E-state index in [0.29, 0.717) is 36.7 Å². The highest BCUT2D eigenvalue weighted by molar-refractivity contribution is 6.09. The number of aromatic nitrogens is 4. The van der Waals surface area contributed by atoms with Crippen LogP contribution in [-0.2, 0) is 4.74 Å². The number of nitrogens with two attached hydrogens (primary N) is 1. The lowest BCUT2D eigenvalue weighted by molar-refractivity contribution is 0.102. The normalized spacial score (nSPS) is 21.1. The smallest absolute Gasteiger partial charge is 0.276 e. The standard InChI is InChI=1S/C27H27F2N7O3/c1-15-12-34(13-20(15)30)25-17-11-31-35(16-9-10-39-14-16)23(17)7-5-21(25)32-27(38)22-6-8-24(37)36(33-22)26-18(28)3-2-4-19(26)29/h2-8,11,15-16,20H,9-10,12-14,30H2,1H3,(H,32,38)/t15-,16-,20-/m0/s1. The topological polar surface area (TPSA) is 120 Å². The molecule has 202 valence electrons. The van der Waals surface area contributed by atoms with Gasteiger partial charge in [-0.15, -0.1) is 0 Å². The van der Waals surface area contributed by atoms with Crippen molar-refractivity contribution in [3.05, 3.63) is 76.3 Å². The second kappa shape index (κ2) is 9.86. The number of halogens is 2. The van der Waals surface area contributed by atoms with Crippen LogP contribution in [0.1, 0.15) is 29.9 Å². The van der Waals surface area contributed by atoms with Crippen molar-refractivity contribution in [2.24, 2.45) is 11.7 Å². The number of ether oxygens (including phenoxy) is 1. The molecule has 4 aromatic rings. The number of carbonyl (C=O) groups is 1. The van der Waals surface area contributed by atoms with Crippen molar-refractivity contribution < 1.29 is 18.3 Å². The number of benzene rings is 2. The molecule has 0 aliphatic carbocycles. The highest BCUT2D eigenvalue weighted by Gasteiger charge is 2.31. The van der Waals surface area contributed by atoms with Gasteiger partial charge >= 0.3 is 0 Å². The monoisotopic (exact) mass is 535 g/mol. The van der Waals surface area contributed by atoms with Gasteiger partial charge in [0.15, 0.2) is 11.6 Å². The third kappa shape index (κ3) is 4.45. The van der Waals surface area contributed by atoms with Gasteiger partial charge in [0.05, 0.1) is 35.7 Å². The fraction of sp³-hybridized carbons (Fsp3) is 0.333. The third-order valence-corrected chi connectivity index (χ3v) is 7.42. The summed E-state index contributed by atoms with van der Waals surface area (Å²) in [6.45, 7) is 4.63. The maximum Gasteiger partial charge on any atom is 0.276 e. The van der Waals surface area contributed by atoms with Crippen LogP contribution in [0.3, 0.4) is 0 Å². The first-order valence-electron chi connectivity index (χ1n) is 12.8. The molecule has 2 aromatic carbocycles. The number of nitrogens with zero attached hydrogens (tertiary/aromatic N) is 5. The lowest BCUT2D eigenvalue weighted by Gasteiger charge is -2.23. The fourth-order valence-electron chi connectivity index (χ4n) is 5.30. The lowest BCUT2D eigenvalue weighted by Crippen LogP contribution is -2.29. The van der Waals surface area contributed by atoms with Gasteiger partial charge in [-0.1, -0.05) is 13.0 Å². The van der Waals surface area contributed by atoms with Crippen molar-refractivity contribution in [3.63, 3.8) is 0 Å². The SMILES string of the molecule is C[C@H]1CN(c2c(NC(=O)c3ccc(=O)n(-c4c(F)cccc4F)n3)ccc3c2cnn3[C@H]2CCOC2)C[C@@H]1N. The number of nitrogens with one attached hydrogen (secondary N) is 1. The summed E-state index contributed by atoms with van der Waals surface area (Å²) >= 11 is 0. The number of anilines is 2. The highest BCUT2D eigenvalue weighted by Crippen LogP contribution is 2.39. The van der Waals surface area contributed by atoms with E-state index >= 15 is 0 Å². The van der Waals surface area contributed by atoms with Crippen molar-refractivity contribution in [2.45, 2.75) is 25.4 Å². The Kier molecular flexibility index (Phi) is 6.35. The Morgan fingerprint density at radius 2 is 1.90 bits per heavy atom. The van der Waals surface area contributed by atoms with Crippen LogP contribution in [-0.4, -0.2) is 57.8 Å². The van der Waals surface area contributed by atoms with Crippen molar-refractivity contribution in [1.29, 1.82) is 0 Å². The third-order valence-electron chi connectivity index (χ3n) is 7.42. The van der Waals surface area contributed by atoms with Crippen molar-refractivity contribution in [3.8, 4) is 5.69 Å². The second-order valence-corrected chi connectivity index (χ2v) is 10.0. The van der Waals surface area contributed by atoms with Crippen LogP contribution in [0.15, 0.2) is 53.5 Å². The molecule has 2 fully saturated rings. The summed E-state index contributed by atoms with van der Waals surface area (Å²) < 4.78 is 36.8. The molecule has 2 aliphatic heterocycles. The second-order valence-electron chi connectivity index (χ2n) is 10.0. The van der Waals surface area contributed by atoms with E-state index < -0.39 is 28.8 Å². The largest absolute Gasteiger partial charge is 0.379 e. The first kappa shape index (κ1) is 25.1. The van der Waals surface area contributed by atoms with E-state index in [-0.39, 0.29) is 23.7 Å². The van der Waals surface area contributed by atoms with Crippen LogP contribution >= 0.6 is 0 Å². The maximum atomic E-state index is 14.4. The number of rotatable bonds is 5. The number of para-hydroxylation sites is 1. The van der Waals surface area contributed by atoms with Gasteiger partial charge in [-0.2, -0.15) is 14.9 Å². The van der Waals surface area contributed by atoms with Crippen molar-refractivity contribution in [2.75, 3.05) is 36.5 Å². The molecule has 10 nitrogen and oxygen atoms in total. The molecule has 0 radical (unpaired) electrons. The van der Waals surface area contributed by atoms with Gasteiger partial charge in [0, 0.05) is 37.2 Å². The molecule has 0 bridgehead atoms. The number of amides is 1. The Morgan fingerprint density at radius 1 is 1.10 bits per heavy atom. The summed E-state index contributed by atoms with van der Waals surface area (Å²) in [5.74, 6) is -2.35. The highest BCUT2D eigenvalue weighted by atomic mass is 19.1. The minimum Gasteiger partial charge on any atom is -0.379 e. The molecule has 6 rings (SSSR count). The van der Waals surface area contributed by atoms with Crippen LogP contribution in [0.25, 0.3) is 16.6 Å². The molecular weight excluding hydrogens is 508 g/mol. The van der Waals surface area contributed by atoms with Crippen LogP contribution in [0.4, 0.5) is 20.2 Å². The average Bonchev–Trinajstić information content (AvgIpc) is 3.65. The summed E-state index contributed by atoms with van der Waals surface area (Å²) in [5, 5.41) is 12.4. The van der Waals surface area contributed by atoms with Crippen molar-refractivity contribution in [1.82, 2.24) is 19.6 Å². The van der Waals surface area contributed by atoms with Crippen LogP contribution in [0, 0.1) is 17.6 Å². The first-order valence-corrected chi connectivity index (χ1v) is 12.8. The number of fused-ring (bicyclic) bond motifs is 1. The first-order chi connectivity index (χ1) is 18.8. The van der Waals surface area contributed by atoms with E-state index in [1.54, 1.807) is 12.3 Å². The zero-order valence-corrected chi connectivity index (χ0v) is 21.2. The molecule has 3 atom stereocenters. The van der Waals surface area contributed by atoms with E-state index in [9.17, 15) is 18.4 Å². The molecule has 3 N–H and O–H groups in total. The van der Waals surface area contributed by atoms with Crippen LogP contribution in [0.5, 0.6) is 0 Å². The van der Waals surface area contributed by atoms with Gasteiger partial charge in [0.25, 0.3) is 11.5 Å². The zero-order chi connectivity index (χ0) is 27.3. The van der Waals surface area contributed by atoms with Gasteiger partial charge in [0.1, 0.15) is 11.4 Å². The van der Waals surface area contributed by atoms with Gasteiger partial charge in [-0.25, -0.2) is 8.78 Å². The predicted molar refractivity (Wildman–Crippen MR) is 141 cm³/mol. The van der Waals surface area contributed by atoms with Gasteiger partial charge in [-0.05, 0) is 42.7 Å².